The first-order chi connectivity index (χ1) is 12.9. The lowest BCUT2D eigenvalue weighted by Crippen LogP contribution is -2.45. The average Bonchev–Trinajstić information content (AvgIpc) is 2.96. The molecule has 2 aromatic rings. The van der Waals surface area contributed by atoms with Crippen LogP contribution in [-0.4, -0.2) is 28.5 Å². The van der Waals surface area contributed by atoms with Crippen LogP contribution in [-0.2, 0) is 11.3 Å². The van der Waals surface area contributed by atoms with Crippen molar-refractivity contribution in [2.75, 3.05) is 5.32 Å². The molecule has 0 saturated heterocycles. The van der Waals surface area contributed by atoms with Gasteiger partial charge in [-0.1, -0.05) is 44.2 Å². The van der Waals surface area contributed by atoms with Gasteiger partial charge < -0.3 is 10.2 Å². The van der Waals surface area contributed by atoms with Crippen LogP contribution in [0.5, 0.6) is 0 Å². The van der Waals surface area contributed by atoms with Gasteiger partial charge >= 0.3 is 0 Å². The molecule has 0 spiro atoms. The molecule has 0 radical (unpaired) electrons. The van der Waals surface area contributed by atoms with Crippen molar-refractivity contribution in [1.82, 2.24) is 4.90 Å². The van der Waals surface area contributed by atoms with E-state index in [0.717, 1.165) is 5.56 Å². The molecule has 1 N–H and O–H groups in total. The fraction of sp³-hybridized carbons (Fsp3) is 0.318. The van der Waals surface area contributed by atoms with Gasteiger partial charge in [0.25, 0.3) is 5.91 Å². The molecule has 27 heavy (non-hydrogen) atoms. The highest BCUT2D eigenvalue weighted by Crippen LogP contribution is 2.27. The first-order valence-corrected chi connectivity index (χ1v) is 9.17. The van der Waals surface area contributed by atoms with Gasteiger partial charge in [-0.3, -0.25) is 14.4 Å². The van der Waals surface area contributed by atoms with Crippen LogP contribution in [0.2, 0.25) is 0 Å². The number of carbonyl (C=O) groups excluding carboxylic acids is 3. The SMILES string of the molecule is CC(=O)c1cccc(NC(=O)C(CC(C)C)N2Cc3ccccc3C2=O)c1. The molecular weight excluding hydrogens is 340 g/mol. The number of benzene rings is 2. The van der Waals surface area contributed by atoms with E-state index in [1.54, 1.807) is 35.2 Å². The van der Waals surface area contributed by atoms with Crippen LogP contribution in [0.4, 0.5) is 5.69 Å². The number of amides is 2. The van der Waals surface area contributed by atoms with Gasteiger partial charge in [0.1, 0.15) is 6.04 Å². The van der Waals surface area contributed by atoms with Crippen molar-refractivity contribution in [1.29, 1.82) is 0 Å². The lowest BCUT2D eigenvalue weighted by Gasteiger charge is -2.28. The minimum atomic E-state index is -0.564. The van der Waals surface area contributed by atoms with E-state index >= 15 is 0 Å². The van der Waals surface area contributed by atoms with E-state index in [1.165, 1.54) is 6.92 Å². The molecule has 140 valence electrons. The third kappa shape index (κ3) is 4.08. The van der Waals surface area contributed by atoms with E-state index in [-0.39, 0.29) is 23.5 Å². The Balaban J connectivity index is 1.83. The molecule has 1 aliphatic heterocycles. The highest BCUT2D eigenvalue weighted by atomic mass is 16.2. The second-order valence-corrected chi connectivity index (χ2v) is 7.36. The normalized spacial score (nSPS) is 14.2. The molecule has 0 fully saturated rings. The molecular formula is C22H24N2O3. The molecule has 3 rings (SSSR count). The predicted octanol–water partition coefficient (Wildman–Crippen LogP) is 3.90. The summed E-state index contributed by atoms with van der Waals surface area (Å²) in [6.07, 6.45) is 0.567. The number of hydrogen-bond donors (Lipinski definition) is 1. The molecule has 1 aliphatic rings. The molecule has 2 aromatic carbocycles. The maximum atomic E-state index is 13.0. The van der Waals surface area contributed by atoms with Crippen molar-refractivity contribution in [3.8, 4) is 0 Å². The molecule has 1 atom stereocenters. The van der Waals surface area contributed by atoms with Gasteiger partial charge in [0.15, 0.2) is 5.78 Å². The van der Waals surface area contributed by atoms with E-state index in [1.807, 2.05) is 32.0 Å². The number of nitrogens with one attached hydrogen (secondary N) is 1. The maximum absolute atomic E-state index is 13.0. The number of fused-ring (bicyclic) bond motifs is 1. The zero-order valence-corrected chi connectivity index (χ0v) is 15.9. The van der Waals surface area contributed by atoms with Crippen LogP contribution in [0, 0.1) is 5.92 Å². The van der Waals surface area contributed by atoms with Crippen LogP contribution in [0.3, 0.4) is 0 Å². The average molecular weight is 364 g/mol. The number of ketones is 1. The summed E-state index contributed by atoms with van der Waals surface area (Å²) >= 11 is 0. The standard InChI is InChI=1S/C22H24N2O3/c1-14(2)11-20(24-13-17-7-4-5-10-19(17)22(24)27)21(26)23-18-9-6-8-16(12-18)15(3)25/h4-10,12,14,20H,11,13H2,1-3H3,(H,23,26). The maximum Gasteiger partial charge on any atom is 0.255 e. The monoisotopic (exact) mass is 364 g/mol. The van der Waals surface area contributed by atoms with Crippen molar-refractivity contribution >= 4 is 23.3 Å². The predicted molar refractivity (Wildman–Crippen MR) is 105 cm³/mol. The summed E-state index contributed by atoms with van der Waals surface area (Å²) in [5.41, 5.74) is 2.71. The van der Waals surface area contributed by atoms with Gasteiger partial charge in [-0.25, -0.2) is 0 Å². The zero-order chi connectivity index (χ0) is 19.6. The number of rotatable bonds is 6. The summed E-state index contributed by atoms with van der Waals surface area (Å²) in [5, 5.41) is 2.88. The topological polar surface area (TPSA) is 66.5 Å². The lowest BCUT2D eigenvalue weighted by molar-refractivity contribution is -0.121. The Morgan fingerprint density at radius 1 is 1.11 bits per heavy atom. The van der Waals surface area contributed by atoms with Crippen molar-refractivity contribution < 1.29 is 14.4 Å². The van der Waals surface area contributed by atoms with E-state index in [9.17, 15) is 14.4 Å². The van der Waals surface area contributed by atoms with E-state index in [0.29, 0.717) is 29.8 Å². The minimum absolute atomic E-state index is 0.0602. The summed E-state index contributed by atoms with van der Waals surface area (Å²) in [4.78, 5) is 39.1. The molecule has 1 unspecified atom stereocenters. The number of nitrogens with zero attached hydrogens (tertiary/aromatic N) is 1. The van der Waals surface area contributed by atoms with Gasteiger partial charge in [0, 0.05) is 23.4 Å². The molecule has 5 heteroatoms. The second-order valence-electron chi connectivity index (χ2n) is 7.36. The Kier molecular flexibility index (Phi) is 5.40. The quantitative estimate of drug-likeness (QED) is 0.791. The van der Waals surface area contributed by atoms with Gasteiger partial charge in [0.2, 0.25) is 5.91 Å². The van der Waals surface area contributed by atoms with Crippen LogP contribution >= 0.6 is 0 Å². The Morgan fingerprint density at radius 2 is 1.85 bits per heavy atom. The first-order valence-electron chi connectivity index (χ1n) is 9.17. The Labute approximate surface area is 159 Å². The molecule has 0 aliphatic carbocycles. The van der Waals surface area contributed by atoms with Gasteiger partial charge in [0.05, 0.1) is 0 Å². The Hall–Kier alpha value is -2.95. The molecule has 1 heterocycles. The molecule has 0 aromatic heterocycles. The van der Waals surface area contributed by atoms with Crippen LogP contribution < -0.4 is 5.32 Å². The smallest absolute Gasteiger partial charge is 0.255 e. The summed E-state index contributed by atoms with van der Waals surface area (Å²) < 4.78 is 0. The second kappa shape index (κ2) is 7.74. The highest BCUT2D eigenvalue weighted by molar-refractivity contribution is 6.04. The summed E-state index contributed by atoms with van der Waals surface area (Å²) in [6.45, 7) is 5.99. The molecule has 0 saturated carbocycles. The fourth-order valence-electron chi connectivity index (χ4n) is 3.39. The van der Waals surface area contributed by atoms with Gasteiger partial charge in [-0.15, -0.1) is 0 Å². The molecule has 5 nitrogen and oxygen atoms in total. The van der Waals surface area contributed by atoms with Crippen molar-refractivity contribution in [3.63, 3.8) is 0 Å². The fourth-order valence-corrected chi connectivity index (χ4v) is 3.39. The van der Waals surface area contributed by atoms with Crippen LogP contribution in [0.15, 0.2) is 48.5 Å². The molecule has 2 amide bonds. The minimum Gasteiger partial charge on any atom is -0.324 e. The Bertz CT molecular complexity index is 889. The highest BCUT2D eigenvalue weighted by Gasteiger charge is 2.36. The van der Waals surface area contributed by atoms with Crippen LogP contribution in [0.25, 0.3) is 0 Å². The number of Topliss-reactive ketones (excluding diaryl/α,β-unsaturated/α-hetero) is 1. The first kappa shape index (κ1) is 18.8. The van der Waals surface area contributed by atoms with Crippen LogP contribution in [0.1, 0.15) is 53.5 Å². The summed E-state index contributed by atoms with van der Waals surface area (Å²) in [6, 6.07) is 13.8. The molecule has 0 bridgehead atoms. The van der Waals surface area contributed by atoms with E-state index in [2.05, 4.69) is 5.32 Å². The zero-order valence-electron chi connectivity index (χ0n) is 15.9. The van der Waals surface area contributed by atoms with Crippen molar-refractivity contribution in [2.24, 2.45) is 5.92 Å². The summed E-state index contributed by atoms with van der Waals surface area (Å²) in [5.74, 6) is -0.148. The number of hydrogen-bond acceptors (Lipinski definition) is 3. The largest absolute Gasteiger partial charge is 0.324 e. The third-order valence-corrected chi connectivity index (χ3v) is 4.76. The van der Waals surface area contributed by atoms with Gasteiger partial charge in [-0.2, -0.15) is 0 Å². The van der Waals surface area contributed by atoms with E-state index in [4.69, 9.17) is 0 Å². The number of carbonyl (C=O) groups is 3. The van der Waals surface area contributed by atoms with Crippen molar-refractivity contribution in [2.45, 2.75) is 39.8 Å². The summed E-state index contributed by atoms with van der Waals surface area (Å²) in [7, 11) is 0. The third-order valence-electron chi connectivity index (χ3n) is 4.76. The number of anilines is 1. The van der Waals surface area contributed by atoms with E-state index < -0.39 is 6.04 Å². The lowest BCUT2D eigenvalue weighted by atomic mass is 10.0. The van der Waals surface area contributed by atoms with Gasteiger partial charge in [-0.05, 0) is 43.0 Å². The Morgan fingerprint density at radius 3 is 2.52 bits per heavy atom. The van der Waals surface area contributed by atoms with Crippen molar-refractivity contribution in [3.05, 3.63) is 65.2 Å².